The smallest absolute Gasteiger partial charge is 0.407 e. The zero-order chi connectivity index (χ0) is 77.2. The number of Topliss-reactive ketones (excluding diaryl/α,β-unsaturated/α-hetero) is 5. The van der Waals surface area contributed by atoms with E-state index in [1.54, 1.807) is 44.4 Å². The summed E-state index contributed by atoms with van der Waals surface area (Å²) < 4.78 is 42.7. The Bertz CT molecular complexity index is 2970. The Hall–Kier alpha value is -7.92. The number of oxime groups is 1. The third-order valence-corrected chi connectivity index (χ3v) is 16.8. The number of ketones is 5. The first-order valence-electron chi connectivity index (χ1n) is 35.9. The first kappa shape index (κ1) is 91.3. The molecule has 0 aliphatic carbocycles. The minimum atomic E-state index is -0.999. The maximum absolute atomic E-state index is 13.9. The molecule has 1 fully saturated rings. The standard InChI is InChI=1S/C72H111N9O23S/c1-8-30-97-34-26-73-65(88)46-101-39-37-99-32-11-14-56(83)45-75-70(93)51(4)43-63(86)59(49-105-7)77-64(87)22-21-62(85)57(42-50(2)3)78-71(94)60-15-9-28-80(60)69(92)48-100-33-12-16-61(84)58(44-53-17-19-54(20-18-53)52(5)79-104-35-27-74-72(95)103-41-36-96-6)76-66(89)47-102-40-38-98-31-10-13-55(82)25-29-81-67(90)23-24-68(81)91/h17-20,23-24,50-51,57-60H,8-16,21-22,25-49H2,1-7H3,(H,73,88)(H,74,95)(H,75,93)(H,76,89)(H,77,87)(H,78,94)/b79-52+/t51-,57+,58+,59+,60+/m1/s1. The molecule has 0 spiro atoms. The van der Waals surface area contributed by atoms with Crippen LogP contribution in [0, 0.1) is 11.8 Å². The average molecular weight is 1500 g/mol. The maximum Gasteiger partial charge on any atom is 0.407 e. The first-order chi connectivity index (χ1) is 50.5. The van der Waals surface area contributed by atoms with Crippen LogP contribution in [0.2, 0.25) is 0 Å². The van der Waals surface area contributed by atoms with E-state index in [0.717, 1.165) is 23.5 Å². The van der Waals surface area contributed by atoms with Gasteiger partial charge in [0.05, 0.1) is 76.6 Å². The van der Waals surface area contributed by atoms with Crippen LogP contribution in [0.4, 0.5) is 4.79 Å². The quantitative estimate of drug-likeness (QED) is 0.0236. The van der Waals surface area contributed by atoms with Crippen molar-refractivity contribution in [3.8, 4) is 0 Å². The Kier molecular flexibility index (Phi) is 47.5. The van der Waals surface area contributed by atoms with Gasteiger partial charge in [-0.25, -0.2) is 4.79 Å². The number of imide groups is 1. The second-order valence-electron chi connectivity index (χ2n) is 25.5. The van der Waals surface area contributed by atoms with Crippen LogP contribution < -0.4 is 31.9 Å². The van der Waals surface area contributed by atoms with Gasteiger partial charge in [0, 0.05) is 122 Å². The normalized spacial score (nSPS) is 14.7. The third kappa shape index (κ3) is 40.4. The number of rotatable bonds is 61. The molecule has 105 heavy (non-hydrogen) atoms. The molecule has 588 valence electrons. The van der Waals surface area contributed by atoms with E-state index < -0.39 is 102 Å². The summed E-state index contributed by atoms with van der Waals surface area (Å²) in [7, 11) is 1.49. The second-order valence-corrected chi connectivity index (χ2v) is 26.4. The Morgan fingerprint density at radius 3 is 1.88 bits per heavy atom. The lowest BCUT2D eigenvalue weighted by Crippen LogP contribution is -2.52. The lowest BCUT2D eigenvalue weighted by atomic mass is 9.96. The van der Waals surface area contributed by atoms with Crippen molar-refractivity contribution >= 4 is 99.7 Å². The number of amides is 9. The number of hydrogen-bond acceptors (Lipinski definition) is 25. The van der Waals surface area contributed by atoms with Crippen molar-refractivity contribution in [2.75, 3.05) is 151 Å². The van der Waals surface area contributed by atoms with Gasteiger partial charge in [0.25, 0.3) is 11.8 Å². The molecule has 0 radical (unpaired) electrons. The van der Waals surface area contributed by atoms with E-state index in [9.17, 15) is 67.1 Å². The van der Waals surface area contributed by atoms with Crippen molar-refractivity contribution in [2.24, 2.45) is 17.0 Å². The highest BCUT2D eigenvalue weighted by atomic mass is 32.2. The SMILES string of the molecule is CCCOCCNC(=O)COCCOCCCC(=O)CNC(=O)[C@H](C)CC(=O)[C@H](CSC)NC(=O)CCC(=O)[C@H](CC(C)C)NC(=O)[C@@H]1CCCN1C(=O)COCCCC(=O)[C@H](Cc1ccc(/C(C)=N/OCCNC(=O)OCCOC)cc1)NC(=O)COCCOCCCC(=O)CCN1C(=O)C=CC1=O. The number of carbonyl (C=O) groups is 14. The fourth-order valence-corrected chi connectivity index (χ4v) is 11.1. The summed E-state index contributed by atoms with van der Waals surface area (Å²) in [5.74, 6) is -6.05. The highest BCUT2D eigenvalue weighted by Gasteiger charge is 2.36. The fraction of sp³-hybridized carbons (Fsp3) is 0.681. The molecule has 2 aliphatic heterocycles. The molecule has 1 aromatic carbocycles. The number of hydrogen-bond donors (Lipinski definition) is 6. The van der Waals surface area contributed by atoms with E-state index in [1.165, 1.54) is 23.8 Å². The highest BCUT2D eigenvalue weighted by molar-refractivity contribution is 7.98. The van der Waals surface area contributed by atoms with Crippen LogP contribution in [0.5, 0.6) is 0 Å². The molecule has 1 saturated heterocycles. The molecule has 1 aromatic rings. The Labute approximate surface area is 619 Å². The lowest BCUT2D eigenvalue weighted by molar-refractivity contribution is -0.142. The molecular weight excluding hydrogens is 1390 g/mol. The van der Waals surface area contributed by atoms with Crippen LogP contribution in [-0.4, -0.2) is 273 Å². The predicted molar refractivity (Wildman–Crippen MR) is 385 cm³/mol. The van der Waals surface area contributed by atoms with E-state index in [2.05, 4.69) is 37.1 Å². The fourth-order valence-electron chi connectivity index (χ4n) is 10.5. The summed E-state index contributed by atoms with van der Waals surface area (Å²) >= 11 is 1.30. The Morgan fingerprint density at radius 1 is 0.600 bits per heavy atom. The number of likely N-dealkylation sites (tertiary alicyclic amines) is 1. The summed E-state index contributed by atoms with van der Waals surface area (Å²) in [5.41, 5.74) is 1.93. The molecule has 0 saturated carbocycles. The maximum atomic E-state index is 13.9. The number of thioether (sulfide) groups is 1. The monoisotopic (exact) mass is 1500 g/mol. The van der Waals surface area contributed by atoms with Crippen molar-refractivity contribution in [1.29, 1.82) is 0 Å². The van der Waals surface area contributed by atoms with Crippen LogP contribution in [-0.2, 0) is 111 Å². The van der Waals surface area contributed by atoms with Gasteiger partial charge in [-0.15, -0.1) is 0 Å². The Balaban J connectivity index is 1.46. The number of nitrogens with one attached hydrogen (secondary N) is 6. The van der Waals surface area contributed by atoms with Crippen LogP contribution in [0.25, 0.3) is 0 Å². The molecule has 0 bridgehead atoms. The predicted octanol–water partition coefficient (Wildman–Crippen LogP) is 2.25. The highest BCUT2D eigenvalue weighted by Crippen LogP contribution is 2.20. The van der Waals surface area contributed by atoms with Crippen LogP contribution in [0.15, 0.2) is 41.6 Å². The molecule has 32 nitrogen and oxygen atoms in total. The summed E-state index contributed by atoms with van der Waals surface area (Å²) in [5, 5.41) is 20.2. The van der Waals surface area contributed by atoms with Crippen molar-refractivity contribution < 1.29 is 110 Å². The molecular formula is C72H111N9O23S. The number of alkyl carbamates (subject to hydrolysis) is 1. The van der Waals surface area contributed by atoms with Gasteiger partial charge in [-0.05, 0) is 81.6 Å². The van der Waals surface area contributed by atoms with Gasteiger partial charge < -0.3 is 79.5 Å². The molecule has 33 heteroatoms. The largest absolute Gasteiger partial charge is 0.447 e. The van der Waals surface area contributed by atoms with E-state index in [0.29, 0.717) is 62.3 Å². The van der Waals surface area contributed by atoms with Crippen LogP contribution >= 0.6 is 11.8 Å². The van der Waals surface area contributed by atoms with Crippen LogP contribution in [0.3, 0.4) is 0 Å². The summed E-state index contributed by atoms with van der Waals surface area (Å²) in [4.78, 5) is 188. The molecule has 5 atom stereocenters. The molecule has 6 N–H and O–H groups in total. The van der Waals surface area contributed by atoms with Gasteiger partial charge in [-0.1, -0.05) is 57.1 Å². The number of methoxy groups -OCH3 is 1. The second kappa shape index (κ2) is 54.6. The van der Waals surface area contributed by atoms with E-state index in [4.69, 9.17) is 42.7 Å². The van der Waals surface area contributed by atoms with E-state index in [-0.39, 0.29) is 198 Å². The van der Waals surface area contributed by atoms with Gasteiger partial charge in [-0.3, -0.25) is 67.2 Å². The van der Waals surface area contributed by atoms with Gasteiger partial charge in [0.2, 0.25) is 35.4 Å². The topological polar surface area (TPSA) is 413 Å². The molecule has 2 aliphatic rings. The van der Waals surface area contributed by atoms with E-state index in [1.807, 2.05) is 20.8 Å². The molecule has 0 aromatic heterocycles. The van der Waals surface area contributed by atoms with Crippen molar-refractivity contribution in [3.05, 3.63) is 47.5 Å². The summed E-state index contributed by atoms with van der Waals surface area (Å²) in [6, 6.07) is 3.24. The summed E-state index contributed by atoms with van der Waals surface area (Å²) in [6.07, 6.45) is 6.01. The molecule has 3 rings (SSSR count). The zero-order valence-electron chi connectivity index (χ0n) is 62.0. The van der Waals surface area contributed by atoms with Gasteiger partial charge in [0.15, 0.2) is 23.1 Å². The first-order valence-corrected chi connectivity index (χ1v) is 37.3. The minimum Gasteiger partial charge on any atom is -0.447 e. The zero-order valence-corrected chi connectivity index (χ0v) is 62.8. The molecule has 0 unspecified atom stereocenters. The molecule has 9 amide bonds. The van der Waals surface area contributed by atoms with Gasteiger partial charge >= 0.3 is 6.09 Å². The van der Waals surface area contributed by atoms with Crippen molar-refractivity contribution in [3.63, 3.8) is 0 Å². The minimum absolute atomic E-state index is 0.00882. The van der Waals surface area contributed by atoms with Gasteiger partial charge in [-0.2, -0.15) is 11.8 Å². The number of ether oxygens (including phenoxy) is 8. The number of benzene rings is 1. The molecule has 2 heterocycles. The lowest BCUT2D eigenvalue weighted by Gasteiger charge is -2.27. The summed E-state index contributed by atoms with van der Waals surface area (Å²) in [6.45, 7) is 11.2. The van der Waals surface area contributed by atoms with Crippen LogP contribution in [0.1, 0.15) is 136 Å². The van der Waals surface area contributed by atoms with Gasteiger partial charge in [0.1, 0.15) is 44.9 Å². The van der Waals surface area contributed by atoms with E-state index >= 15 is 0 Å². The Morgan fingerprint density at radius 2 is 1.21 bits per heavy atom. The van der Waals surface area contributed by atoms with Crippen molar-refractivity contribution in [1.82, 2.24) is 41.7 Å². The number of carbonyl (C=O) groups excluding carboxylic acids is 14. The third-order valence-electron chi connectivity index (χ3n) is 16.1. The van der Waals surface area contributed by atoms with Crippen molar-refractivity contribution in [2.45, 2.75) is 155 Å². The average Bonchev–Trinajstić information content (AvgIpc) is 1.74. The number of nitrogens with zero attached hydrogens (tertiary/aromatic N) is 3.